The highest BCUT2D eigenvalue weighted by molar-refractivity contribution is 5.93. The minimum Gasteiger partial charge on any atom is -0.373 e. The second kappa shape index (κ2) is 4.72. The lowest BCUT2D eigenvalue weighted by molar-refractivity contribution is 0.0702. The molecule has 1 saturated carbocycles. The van der Waals surface area contributed by atoms with Gasteiger partial charge in [0.1, 0.15) is 11.5 Å². The maximum Gasteiger partial charge on any atom is 0.272 e. The number of nitrogens with zero attached hydrogens (tertiary/aromatic N) is 2. The Labute approximate surface area is 126 Å². The monoisotopic (exact) mass is 287 g/mol. The number of carbonyl (C=O) groups excluding carboxylic acids is 1. The molecular weight excluding hydrogens is 262 g/mol. The molecule has 0 spiro atoms. The maximum atomic E-state index is 12.8. The summed E-state index contributed by atoms with van der Waals surface area (Å²) in [5, 5.41) is 3.00. The number of rotatable bonds is 2. The Hall–Kier alpha value is -1.58. The van der Waals surface area contributed by atoms with Crippen molar-refractivity contribution in [2.45, 2.75) is 46.1 Å². The molecule has 1 N–H and O–H groups in total. The molecule has 2 unspecified atom stereocenters. The Balaban J connectivity index is 1.86. The quantitative estimate of drug-likeness (QED) is 0.908. The first-order valence-electron chi connectivity index (χ1n) is 7.78. The molecule has 1 aliphatic carbocycles. The van der Waals surface area contributed by atoms with Gasteiger partial charge in [0.25, 0.3) is 5.91 Å². The molecule has 2 atom stereocenters. The summed E-state index contributed by atoms with van der Waals surface area (Å²) in [5.74, 6) is 0.827. The summed E-state index contributed by atoms with van der Waals surface area (Å²) >= 11 is 0. The molecule has 0 radical (unpaired) electrons. The van der Waals surface area contributed by atoms with Gasteiger partial charge in [-0.3, -0.25) is 4.79 Å². The zero-order chi connectivity index (χ0) is 15.3. The first kappa shape index (κ1) is 14.4. The molecule has 1 amide bonds. The predicted octanol–water partition coefficient (Wildman–Crippen LogP) is 3.16. The van der Waals surface area contributed by atoms with Crippen molar-refractivity contribution in [2.75, 3.05) is 18.9 Å². The molecule has 4 nitrogen and oxygen atoms in total. The normalized spacial score (nSPS) is 30.3. The van der Waals surface area contributed by atoms with Crippen LogP contribution in [0.15, 0.2) is 18.2 Å². The SMILES string of the molecule is CNc1cccc(C(=O)N2CC3(C)CC2CC(C)(C)C3)n1. The van der Waals surface area contributed by atoms with Crippen LogP contribution in [0.3, 0.4) is 0 Å². The van der Waals surface area contributed by atoms with Gasteiger partial charge in [-0.2, -0.15) is 0 Å². The fourth-order valence-electron chi connectivity index (χ4n) is 4.54. The Kier molecular flexibility index (Phi) is 3.23. The molecule has 0 aromatic carbocycles. The van der Waals surface area contributed by atoms with Crippen molar-refractivity contribution in [3.8, 4) is 0 Å². The summed E-state index contributed by atoms with van der Waals surface area (Å²) in [6.07, 6.45) is 3.43. The average molecular weight is 287 g/mol. The maximum absolute atomic E-state index is 12.8. The molecule has 114 valence electrons. The van der Waals surface area contributed by atoms with Crippen molar-refractivity contribution < 1.29 is 4.79 Å². The number of fused-ring (bicyclic) bond motifs is 2. The van der Waals surface area contributed by atoms with E-state index < -0.39 is 0 Å². The van der Waals surface area contributed by atoms with E-state index in [2.05, 4.69) is 36.0 Å². The molecule has 4 heteroatoms. The van der Waals surface area contributed by atoms with Gasteiger partial charge in [0.15, 0.2) is 0 Å². The summed E-state index contributed by atoms with van der Waals surface area (Å²) in [5.41, 5.74) is 1.14. The molecule has 21 heavy (non-hydrogen) atoms. The lowest BCUT2D eigenvalue weighted by Crippen LogP contribution is -2.38. The van der Waals surface area contributed by atoms with Crippen LogP contribution in [0.5, 0.6) is 0 Å². The van der Waals surface area contributed by atoms with Crippen LogP contribution in [0.1, 0.15) is 50.5 Å². The van der Waals surface area contributed by atoms with E-state index in [0.29, 0.717) is 17.2 Å². The Bertz CT molecular complexity index is 569. The first-order chi connectivity index (χ1) is 9.82. The van der Waals surface area contributed by atoms with E-state index in [1.807, 2.05) is 25.2 Å². The van der Waals surface area contributed by atoms with E-state index in [1.165, 1.54) is 6.42 Å². The number of hydrogen-bond acceptors (Lipinski definition) is 3. The summed E-state index contributed by atoms with van der Waals surface area (Å²) in [6.45, 7) is 7.84. The average Bonchev–Trinajstić information content (AvgIpc) is 2.67. The number of anilines is 1. The van der Waals surface area contributed by atoms with E-state index in [-0.39, 0.29) is 11.3 Å². The fourth-order valence-corrected chi connectivity index (χ4v) is 4.54. The van der Waals surface area contributed by atoms with Gasteiger partial charge in [-0.25, -0.2) is 4.98 Å². The second-order valence-corrected chi connectivity index (χ2v) is 7.80. The summed E-state index contributed by atoms with van der Waals surface area (Å²) in [6, 6.07) is 5.95. The highest BCUT2D eigenvalue weighted by Crippen LogP contribution is 2.52. The third kappa shape index (κ3) is 2.63. The summed E-state index contributed by atoms with van der Waals surface area (Å²) < 4.78 is 0. The summed E-state index contributed by atoms with van der Waals surface area (Å²) in [4.78, 5) is 19.3. The largest absolute Gasteiger partial charge is 0.373 e. The van der Waals surface area contributed by atoms with Crippen LogP contribution in [0.25, 0.3) is 0 Å². The van der Waals surface area contributed by atoms with Gasteiger partial charge in [0, 0.05) is 19.6 Å². The minimum atomic E-state index is 0.0820. The van der Waals surface area contributed by atoms with E-state index >= 15 is 0 Å². The van der Waals surface area contributed by atoms with Crippen LogP contribution >= 0.6 is 0 Å². The molecule has 1 aromatic heterocycles. The lowest BCUT2D eigenvalue weighted by Gasteiger charge is -2.39. The molecule has 2 bridgehead atoms. The second-order valence-electron chi connectivity index (χ2n) is 7.80. The van der Waals surface area contributed by atoms with Gasteiger partial charge in [-0.05, 0) is 42.2 Å². The number of carbonyl (C=O) groups is 1. The predicted molar refractivity (Wildman–Crippen MR) is 84.3 cm³/mol. The van der Waals surface area contributed by atoms with Crippen molar-refractivity contribution in [3.63, 3.8) is 0 Å². The number of hydrogen-bond donors (Lipinski definition) is 1. The third-order valence-corrected chi connectivity index (χ3v) is 4.90. The van der Waals surface area contributed by atoms with E-state index in [4.69, 9.17) is 0 Å². The van der Waals surface area contributed by atoms with E-state index in [9.17, 15) is 4.79 Å². The number of aromatic nitrogens is 1. The van der Waals surface area contributed by atoms with Gasteiger partial charge in [-0.1, -0.05) is 26.8 Å². The molecule has 2 heterocycles. The van der Waals surface area contributed by atoms with Crippen LogP contribution in [0.2, 0.25) is 0 Å². The molecular formula is C17H25N3O. The van der Waals surface area contributed by atoms with E-state index in [0.717, 1.165) is 25.2 Å². The highest BCUT2D eigenvalue weighted by Gasteiger charge is 2.51. The number of pyridine rings is 1. The minimum absolute atomic E-state index is 0.0820. The lowest BCUT2D eigenvalue weighted by atomic mass is 9.65. The van der Waals surface area contributed by atoms with Crippen molar-refractivity contribution >= 4 is 11.7 Å². The van der Waals surface area contributed by atoms with Gasteiger partial charge >= 0.3 is 0 Å². The highest BCUT2D eigenvalue weighted by atomic mass is 16.2. The standard InChI is InChI=1S/C17H25N3O/c1-16(2)8-12-9-17(3,10-16)11-20(12)15(21)13-6-5-7-14(18-4)19-13/h5-7,12H,8-11H2,1-4H3,(H,18,19). The van der Waals surface area contributed by atoms with Crippen LogP contribution in [0.4, 0.5) is 5.82 Å². The fraction of sp³-hybridized carbons (Fsp3) is 0.647. The zero-order valence-electron chi connectivity index (χ0n) is 13.4. The summed E-state index contributed by atoms with van der Waals surface area (Å²) in [7, 11) is 1.82. The van der Waals surface area contributed by atoms with Crippen LogP contribution in [0, 0.1) is 10.8 Å². The topological polar surface area (TPSA) is 45.2 Å². The van der Waals surface area contributed by atoms with Crippen LogP contribution < -0.4 is 5.32 Å². The van der Waals surface area contributed by atoms with Gasteiger partial charge in [0.2, 0.25) is 0 Å². The van der Waals surface area contributed by atoms with Crippen molar-refractivity contribution in [1.82, 2.24) is 9.88 Å². The molecule has 1 saturated heterocycles. The van der Waals surface area contributed by atoms with Gasteiger partial charge in [-0.15, -0.1) is 0 Å². The van der Waals surface area contributed by atoms with Gasteiger partial charge < -0.3 is 10.2 Å². The zero-order valence-corrected chi connectivity index (χ0v) is 13.4. The van der Waals surface area contributed by atoms with Crippen molar-refractivity contribution in [1.29, 1.82) is 0 Å². The number of nitrogens with one attached hydrogen (secondary N) is 1. The van der Waals surface area contributed by atoms with Crippen molar-refractivity contribution in [2.24, 2.45) is 10.8 Å². The Morgan fingerprint density at radius 1 is 1.33 bits per heavy atom. The van der Waals surface area contributed by atoms with Gasteiger partial charge in [0.05, 0.1) is 0 Å². The van der Waals surface area contributed by atoms with Crippen LogP contribution in [-0.4, -0.2) is 35.4 Å². The molecule has 1 aliphatic heterocycles. The Morgan fingerprint density at radius 2 is 2.10 bits per heavy atom. The first-order valence-corrected chi connectivity index (χ1v) is 7.78. The smallest absolute Gasteiger partial charge is 0.272 e. The third-order valence-electron chi connectivity index (χ3n) is 4.90. The Morgan fingerprint density at radius 3 is 2.81 bits per heavy atom. The molecule has 1 aromatic rings. The molecule has 3 rings (SSSR count). The number of likely N-dealkylation sites (tertiary alicyclic amines) is 1. The molecule has 2 fully saturated rings. The van der Waals surface area contributed by atoms with Crippen molar-refractivity contribution in [3.05, 3.63) is 23.9 Å². The van der Waals surface area contributed by atoms with Crippen LogP contribution in [-0.2, 0) is 0 Å². The molecule has 2 aliphatic rings. The number of amides is 1. The van der Waals surface area contributed by atoms with E-state index in [1.54, 1.807) is 0 Å².